The lowest BCUT2D eigenvalue weighted by molar-refractivity contribution is -0.164. The van der Waals surface area contributed by atoms with Crippen molar-refractivity contribution >= 4 is 5.91 Å². The number of hydrogen-bond acceptors (Lipinski definition) is 2. The third-order valence-corrected chi connectivity index (χ3v) is 3.02. The first-order valence-corrected chi connectivity index (χ1v) is 5.12. The van der Waals surface area contributed by atoms with Gasteiger partial charge in [-0.05, 0) is 19.8 Å². The predicted octanol–water partition coefficient (Wildman–Crippen LogP) is 1.50. The van der Waals surface area contributed by atoms with Gasteiger partial charge in [0.25, 0.3) is 0 Å². The molecular formula is C10H20N2O. The Morgan fingerprint density at radius 2 is 2.31 bits per heavy atom. The van der Waals surface area contributed by atoms with E-state index in [-0.39, 0.29) is 11.8 Å². The van der Waals surface area contributed by atoms with Crippen LogP contribution in [0.5, 0.6) is 0 Å². The van der Waals surface area contributed by atoms with Gasteiger partial charge in [0.1, 0.15) is 0 Å². The molecule has 0 saturated carbocycles. The van der Waals surface area contributed by atoms with Gasteiger partial charge in [0.2, 0.25) is 5.91 Å². The van der Waals surface area contributed by atoms with Gasteiger partial charge in [-0.2, -0.15) is 0 Å². The van der Waals surface area contributed by atoms with E-state index in [1.807, 2.05) is 14.0 Å². The molecule has 13 heavy (non-hydrogen) atoms. The number of amides is 1. The van der Waals surface area contributed by atoms with Crippen molar-refractivity contribution < 1.29 is 4.79 Å². The second-order valence-corrected chi connectivity index (χ2v) is 3.97. The van der Waals surface area contributed by atoms with Crippen LogP contribution in [0.1, 0.15) is 33.6 Å². The van der Waals surface area contributed by atoms with Gasteiger partial charge in [-0.3, -0.25) is 9.80 Å². The van der Waals surface area contributed by atoms with E-state index in [0.29, 0.717) is 6.04 Å². The van der Waals surface area contributed by atoms with Crippen LogP contribution in [0, 0.1) is 5.92 Å². The van der Waals surface area contributed by atoms with Crippen molar-refractivity contribution in [2.24, 2.45) is 5.92 Å². The largest absolute Gasteiger partial charge is 0.278 e. The second-order valence-electron chi connectivity index (χ2n) is 3.97. The van der Waals surface area contributed by atoms with Crippen LogP contribution in [0.3, 0.4) is 0 Å². The molecule has 3 nitrogen and oxygen atoms in total. The van der Waals surface area contributed by atoms with Crippen molar-refractivity contribution in [1.29, 1.82) is 0 Å². The maximum Gasteiger partial charge on any atom is 0.239 e. The maximum absolute atomic E-state index is 11.7. The van der Waals surface area contributed by atoms with Gasteiger partial charge in [0.05, 0.1) is 0 Å². The Bertz CT molecular complexity index is 193. The van der Waals surface area contributed by atoms with Crippen LogP contribution in [-0.2, 0) is 4.79 Å². The average molecular weight is 184 g/mol. The molecule has 0 N–H and O–H groups in total. The molecule has 0 radical (unpaired) electrons. The summed E-state index contributed by atoms with van der Waals surface area (Å²) in [6.07, 6.45) is 2.13. The van der Waals surface area contributed by atoms with Crippen LogP contribution in [0.15, 0.2) is 0 Å². The van der Waals surface area contributed by atoms with Crippen LogP contribution < -0.4 is 0 Å². The molecule has 2 unspecified atom stereocenters. The Morgan fingerprint density at radius 1 is 1.69 bits per heavy atom. The highest BCUT2D eigenvalue weighted by Crippen LogP contribution is 2.20. The van der Waals surface area contributed by atoms with Gasteiger partial charge in [0, 0.05) is 25.6 Å². The SMILES string of the molecule is CCC(C)C(=O)N(C)N1CCC1C. The topological polar surface area (TPSA) is 23.6 Å². The number of rotatable bonds is 3. The minimum absolute atomic E-state index is 0.151. The van der Waals surface area contributed by atoms with Crippen molar-refractivity contribution in [2.75, 3.05) is 13.6 Å². The van der Waals surface area contributed by atoms with Gasteiger partial charge < -0.3 is 0 Å². The Balaban J connectivity index is 2.46. The van der Waals surface area contributed by atoms with Crippen molar-refractivity contribution in [3.63, 3.8) is 0 Å². The fraction of sp³-hybridized carbons (Fsp3) is 0.900. The first kappa shape index (κ1) is 10.5. The summed E-state index contributed by atoms with van der Waals surface area (Å²) < 4.78 is 0. The van der Waals surface area contributed by atoms with Crippen LogP contribution >= 0.6 is 0 Å². The van der Waals surface area contributed by atoms with Gasteiger partial charge in [0.15, 0.2) is 0 Å². The van der Waals surface area contributed by atoms with E-state index in [1.165, 1.54) is 6.42 Å². The van der Waals surface area contributed by atoms with E-state index in [2.05, 4.69) is 18.9 Å². The third kappa shape index (κ3) is 2.02. The molecule has 1 heterocycles. The normalized spacial score (nSPS) is 25.1. The molecule has 1 fully saturated rings. The van der Waals surface area contributed by atoms with E-state index in [9.17, 15) is 4.79 Å². The fourth-order valence-electron chi connectivity index (χ4n) is 1.57. The molecule has 0 bridgehead atoms. The summed E-state index contributed by atoms with van der Waals surface area (Å²) in [6, 6.07) is 0.540. The predicted molar refractivity (Wildman–Crippen MR) is 53.0 cm³/mol. The lowest BCUT2D eigenvalue weighted by Crippen LogP contribution is -2.57. The molecule has 0 aromatic rings. The zero-order valence-electron chi connectivity index (χ0n) is 9.08. The zero-order chi connectivity index (χ0) is 10.0. The van der Waals surface area contributed by atoms with Gasteiger partial charge in [-0.25, -0.2) is 5.01 Å². The van der Waals surface area contributed by atoms with Crippen LogP contribution in [0.2, 0.25) is 0 Å². The number of carbonyl (C=O) groups is 1. The Kier molecular flexibility index (Phi) is 3.31. The smallest absolute Gasteiger partial charge is 0.239 e. The molecule has 1 aliphatic rings. The van der Waals surface area contributed by atoms with Crippen molar-refractivity contribution in [2.45, 2.75) is 39.7 Å². The van der Waals surface area contributed by atoms with Crippen molar-refractivity contribution in [3.8, 4) is 0 Å². The summed E-state index contributed by atoms with van der Waals surface area (Å²) in [5.74, 6) is 0.395. The summed E-state index contributed by atoms with van der Waals surface area (Å²) >= 11 is 0. The molecule has 1 amide bonds. The van der Waals surface area contributed by atoms with E-state index >= 15 is 0 Å². The third-order valence-electron chi connectivity index (χ3n) is 3.02. The first-order valence-electron chi connectivity index (χ1n) is 5.12. The number of hydrazine groups is 1. The molecule has 3 heteroatoms. The van der Waals surface area contributed by atoms with E-state index < -0.39 is 0 Å². The van der Waals surface area contributed by atoms with E-state index in [0.717, 1.165) is 13.0 Å². The quantitative estimate of drug-likeness (QED) is 0.663. The van der Waals surface area contributed by atoms with Crippen LogP contribution in [0.4, 0.5) is 0 Å². The molecule has 76 valence electrons. The van der Waals surface area contributed by atoms with Crippen molar-refractivity contribution in [3.05, 3.63) is 0 Å². The van der Waals surface area contributed by atoms with E-state index in [4.69, 9.17) is 0 Å². The van der Waals surface area contributed by atoms with E-state index in [1.54, 1.807) is 5.01 Å². The zero-order valence-corrected chi connectivity index (χ0v) is 9.08. The second kappa shape index (κ2) is 4.09. The fourth-order valence-corrected chi connectivity index (χ4v) is 1.57. The van der Waals surface area contributed by atoms with Gasteiger partial charge in [-0.15, -0.1) is 0 Å². The molecule has 0 spiro atoms. The average Bonchev–Trinajstić information content (AvgIpc) is 2.12. The highest BCUT2D eigenvalue weighted by Gasteiger charge is 2.30. The minimum atomic E-state index is 0.151. The molecule has 0 aromatic heterocycles. The first-order chi connectivity index (χ1) is 6.07. The highest BCUT2D eigenvalue weighted by molar-refractivity contribution is 5.77. The van der Waals surface area contributed by atoms with Crippen molar-refractivity contribution in [1.82, 2.24) is 10.0 Å². The Morgan fingerprint density at radius 3 is 2.62 bits per heavy atom. The molecule has 2 atom stereocenters. The lowest BCUT2D eigenvalue weighted by Gasteiger charge is -2.45. The lowest BCUT2D eigenvalue weighted by atomic mass is 10.1. The molecule has 1 saturated heterocycles. The number of carbonyl (C=O) groups excluding carboxylic acids is 1. The van der Waals surface area contributed by atoms with Gasteiger partial charge in [-0.1, -0.05) is 13.8 Å². The summed E-state index contributed by atoms with van der Waals surface area (Å²) in [5, 5.41) is 3.93. The van der Waals surface area contributed by atoms with Crippen LogP contribution in [0.25, 0.3) is 0 Å². The minimum Gasteiger partial charge on any atom is -0.278 e. The molecule has 1 rings (SSSR count). The Hall–Kier alpha value is -0.570. The van der Waals surface area contributed by atoms with Crippen LogP contribution in [-0.4, -0.2) is 35.6 Å². The molecular weight excluding hydrogens is 164 g/mol. The summed E-state index contributed by atoms with van der Waals surface area (Å²) in [4.78, 5) is 11.7. The molecule has 0 aliphatic carbocycles. The standard InChI is InChI=1S/C10H20N2O/c1-5-8(2)10(13)11(4)12-7-6-9(12)3/h8-9H,5-7H2,1-4H3. The summed E-state index contributed by atoms with van der Waals surface area (Å²) in [7, 11) is 1.88. The molecule has 1 aliphatic heterocycles. The highest BCUT2D eigenvalue weighted by atomic mass is 16.2. The summed E-state index contributed by atoms with van der Waals surface area (Å²) in [5.41, 5.74) is 0. The molecule has 0 aromatic carbocycles. The van der Waals surface area contributed by atoms with Gasteiger partial charge >= 0.3 is 0 Å². The number of nitrogens with zero attached hydrogens (tertiary/aromatic N) is 2. The number of hydrogen-bond donors (Lipinski definition) is 0. The maximum atomic E-state index is 11.7. The Labute approximate surface area is 80.7 Å². The monoisotopic (exact) mass is 184 g/mol. The summed E-state index contributed by atoms with van der Waals surface area (Å²) in [6.45, 7) is 7.23.